The second-order valence-electron chi connectivity index (χ2n) is 6.71. The lowest BCUT2D eigenvalue weighted by Crippen LogP contribution is -2.25. The smallest absolute Gasteiger partial charge is 0.263 e. The number of carbonyl (C=O) groups is 1. The first-order valence-corrected chi connectivity index (χ1v) is 11.6. The average molecular weight is 446 g/mol. The van der Waals surface area contributed by atoms with Crippen molar-refractivity contribution in [3.63, 3.8) is 0 Å². The van der Waals surface area contributed by atoms with Gasteiger partial charge in [0, 0.05) is 6.54 Å². The molecule has 1 heterocycles. The number of hydrogen-bond acceptors (Lipinski definition) is 6. The third-order valence-electron chi connectivity index (χ3n) is 4.39. The Hall–Kier alpha value is -2.91. The predicted octanol–water partition coefficient (Wildman–Crippen LogP) is 3.54. The lowest BCUT2D eigenvalue weighted by Gasteiger charge is -2.06. The van der Waals surface area contributed by atoms with Crippen LogP contribution in [0.2, 0.25) is 0 Å². The number of rotatable bonds is 8. The molecule has 0 radical (unpaired) electrons. The minimum Gasteiger partial charge on any atom is -0.497 e. The highest BCUT2D eigenvalue weighted by Crippen LogP contribution is 2.25. The Kier molecular flexibility index (Phi) is 6.73. The summed E-state index contributed by atoms with van der Waals surface area (Å²) in [4.78, 5) is 17.2. The summed E-state index contributed by atoms with van der Waals surface area (Å²) in [5, 5.41) is 3.01. The Labute approximate surface area is 180 Å². The van der Waals surface area contributed by atoms with Gasteiger partial charge in [-0.1, -0.05) is 41.2 Å². The van der Waals surface area contributed by atoms with Gasteiger partial charge in [-0.3, -0.25) is 9.52 Å². The van der Waals surface area contributed by atoms with E-state index in [1.165, 1.54) is 12.1 Å². The molecule has 3 aromatic rings. The minimum absolute atomic E-state index is 0.144. The van der Waals surface area contributed by atoms with E-state index in [2.05, 4.69) is 15.0 Å². The Bertz CT molecular complexity index is 1140. The zero-order valence-corrected chi connectivity index (χ0v) is 18.6. The van der Waals surface area contributed by atoms with Gasteiger partial charge < -0.3 is 10.1 Å². The number of sulfonamides is 1. The molecule has 0 saturated carbocycles. The van der Waals surface area contributed by atoms with Crippen LogP contribution < -0.4 is 14.8 Å². The van der Waals surface area contributed by atoms with Crippen LogP contribution >= 0.6 is 11.3 Å². The van der Waals surface area contributed by atoms with Crippen LogP contribution in [-0.2, 0) is 16.4 Å². The Morgan fingerprint density at radius 1 is 1.13 bits per heavy atom. The molecule has 1 aromatic heterocycles. The molecule has 30 heavy (non-hydrogen) atoms. The third-order valence-corrected chi connectivity index (χ3v) is 6.94. The van der Waals surface area contributed by atoms with E-state index < -0.39 is 10.0 Å². The summed E-state index contributed by atoms with van der Waals surface area (Å²) in [6, 6.07) is 14.2. The van der Waals surface area contributed by atoms with Crippen molar-refractivity contribution in [2.45, 2.75) is 25.2 Å². The number of methoxy groups -OCH3 is 1. The van der Waals surface area contributed by atoms with Crippen LogP contribution in [0.1, 0.15) is 26.5 Å². The van der Waals surface area contributed by atoms with Crippen LogP contribution in [0.5, 0.6) is 5.75 Å². The first-order chi connectivity index (χ1) is 14.3. The van der Waals surface area contributed by atoms with E-state index in [4.69, 9.17) is 4.74 Å². The summed E-state index contributed by atoms with van der Waals surface area (Å²) in [5.41, 5.74) is 2.48. The Balaban J connectivity index is 1.63. The summed E-state index contributed by atoms with van der Waals surface area (Å²) in [7, 11) is -2.16. The fourth-order valence-electron chi connectivity index (χ4n) is 2.77. The van der Waals surface area contributed by atoms with E-state index in [1.54, 1.807) is 26.2 Å². The van der Waals surface area contributed by atoms with E-state index in [1.807, 2.05) is 31.2 Å². The maximum absolute atomic E-state index is 12.5. The summed E-state index contributed by atoms with van der Waals surface area (Å²) in [6.07, 6.45) is 0.647. The van der Waals surface area contributed by atoms with Gasteiger partial charge in [0.1, 0.15) is 10.6 Å². The maximum atomic E-state index is 12.5. The zero-order chi connectivity index (χ0) is 21.7. The molecule has 3 rings (SSSR count). The molecule has 7 nitrogen and oxygen atoms in total. The SMILES string of the molecule is COc1cccc(CCNC(=O)c2sc(NS(=O)(=O)c3ccc(C)cc3)nc2C)c1. The highest BCUT2D eigenvalue weighted by Gasteiger charge is 2.20. The van der Waals surface area contributed by atoms with Crippen molar-refractivity contribution in [1.82, 2.24) is 10.3 Å². The molecular weight excluding hydrogens is 422 g/mol. The quantitative estimate of drug-likeness (QED) is 0.553. The number of hydrogen-bond donors (Lipinski definition) is 2. The molecule has 0 spiro atoms. The van der Waals surface area contributed by atoms with Crippen LogP contribution in [0.3, 0.4) is 0 Å². The van der Waals surface area contributed by atoms with Gasteiger partial charge in [0.15, 0.2) is 5.13 Å². The van der Waals surface area contributed by atoms with Gasteiger partial charge in [0.05, 0.1) is 17.7 Å². The number of benzene rings is 2. The van der Waals surface area contributed by atoms with Crippen LogP contribution in [0, 0.1) is 13.8 Å². The maximum Gasteiger partial charge on any atom is 0.263 e. The second kappa shape index (κ2) is 9.27. The van der Waals surface area contributed by atoms with Crippen molar-refractivity contribution in [2.24, 2.45) is 0 Å². The van der Waals surface area contributed by atoms with E-state index in [9.17, 15) is 13.2 Å². The van der Waals surface area contributed by atoms with Gasteiger partial charge in [-0.25, -0.2) is 13.4 Å². The second-order valence-corrected chi connectivity index (χ2v) is 9.39. The van der Waals surface area contributed by atoms with Gasteiger partial charge in [0.25, 0.3) is 15.9 Å². The standard InChI is InChI=1S/C21H23N3O4S2/c1-14-7-9-18(10-8-14)30(26,27)24-21-23-15(2)19(29-21)20(25)22-12-11-16-5-4-6-17(13-16)28-3/h4-10,13H,11-12H2,1-3H3,(H,22,25)(H,23,24). The molecule has 0 aliphatic carbocycles. The molecule has 0 aliphatic heterocycles. The summed E-state index contributed by atoms with van der Waals surface area (Å²) < 4.78 is 32.7. The van der Waals surface area contributed by atoms with Crippen molar-refractivity contribution in [2.75, 3.05) is 18.4 Å². The Morgan fingerprint density at radius 3 is 2.57 bits per heavy atom. The molecular formula is C21H23N3O4S2. The van der Waals surface area contributed by atoms with Gasteiger partial charge in [-0.15, -0.1) is 0 Å². The van der Waals surface area contributed by atoms with Crippen LogP contribution in [-0.4, -0.2) is 33.0 Å². The molecule has 0 unspecified atom stereocenters. The summed E-state index contributed by atoms with van der Waals surface area (Å²) in [6.45, 7) is 4.00. The lowest BCUT2D eigenvalue weighted by molar-refractivity contribution is 0.0957. The molecule has 2 aromatic carbocycles. The number of nitrogens with one attached hydrogen (secondary N) is 2. The van der Waals surface area contributed by atoms with Crippen molar-refractivity contribution in [1.29, 1.82) is 0 Å². The molecule has 158 valence electrons. The van der Waals surface area contributed by atoms with E-state index in [-0.39, 0.29) is 15.9 Å². The monoisotopic (exact) mass is 445 g/mol. The zero-order valence-electron chi connectivity index (χ0n) is 16.9. The molecule has 0 saturated heterocycles. The number of aromatic nitrogens is 1. The van der Waals surface area contributed by atoms with Crippen molar-refractivity contribution < 1.29 is 17.9 Å². The topological polar surface area (TPSA) is 97.4 Å². The number of anilines is 1. The summed E-state index contributed by atoms with van der Waals surface area (Å²) >= 11 is 1.01. The third kappa shape index (κ3) is 5.37. The van der Waals surface area contributed by atoms with E-state index >= 15 is 0 Å². The number of thiazole rings is 1. The van der Waals surface area contributed by atoms with Crippen LogP contribution in [0.15, 0.2) is 53.4 Å². The molecule has 0 fully saturated rings. The number of ether oxygens (including phenoxy) is 1. The first kappa shape index (κ1) is 21.8. The molecule has 0 aliphatic rings. The molecule has 0 atom stereocenters. The predicted molar refractivity (Wildman–Crippen MR) is 118 cm³/mol. The molecule has 0 bridgehead atoms. The molecule has 1 amide bonds. The van der Waals surface area contributed by atoms with Crippen LogP contribution in [0.25, 0.3) is 0 Å². The number of carbonyl (C=O) groups excluding carboxylic acids is 1. The van der Waals surface area contributed by atoms with Gasteiger partial charge in [-0.2, -0.15) is 0 Å². The van der Waals surface area contributed by atoms with Crippen molar-refractivity contribution >= 4 is 32.4 Å². The van der Waals surface area contributed by atoms with E-state index in [0.717, 1.165) is 28.2 Å². The largest absolute Gasteiger partial charge is 0.497 e. The van der Waals surface area contributed by atoms with Gasteiger partial charge in [0.2, 0.25) is 0 Å². The Morgan fingerprint density at radius 2 is 1.87 bits per heavy atom. The lowest BCUT2D eigenvalue weighted by atomic mass is 10.1. The highest BCUT2D eigenvalue weighted by molar-refractivity contribution is 7.93. The fraction of sp³-hybridized carbons (Fsp3) is 0.238. The van der Waals surface area contributed by atoms with Crippen LogP contribution in [0.4, 0.5) is 5.13 Å². The number of nitrogens with zero attached hydrogens (tertiary/aromatic N) is 1. The van der Waals surface area contributed by atoms with Crippen molar-refractivity contribution in [3.8, 4) is 5.75 Å². The number of aryl methyl sites for hydroxylation is 2. The van der Waals surface area contributed by atoms with Crippen molar-refractivity contribution in [3.05, 3.63) is 70.2 Å². The molecule has 2 N–H and O–H groups in total. The summed E-state index contributed by atoms with van der Waals surface area (Å²) in [5.74, 6) is 0.483. The average Bonchev–Trinajstić information content (AvgIpc) is 3.07. The first-order valence-electron chi connectivity index (χ1n) is 9.26. The molecule has 9 heteroatoms. The minimum atomic E-state index is -3.76. The fourth-order valence-corrected chi connectivity index (χ4v) is 4.89. The van der Waals surface area contributed by atoms with Gasteiger partial charge >= 0.3 is 0 Å². The highest BCUT2D eigenvalue weighted by atomic mass is 32.2. The normalized spacial score (nSPS) is 11.2. The van der Waals surface area contributed by atoms with E-state index in [0.29, 0.717) is 23.5 Å². The number of amides is 1. The van der Waals surface area contributed by atoms with Gasteiger partial charge in [-0.05, 0) is 50.1 Å².